The van der Waals surface area contributed by atoms with Crippen LogP contribution < -0.4 is 5.73 Å². The van der Waals surface area contributed by atoms with Crippen LogP contribution in [0.4, 0.5) is 0 Å². The van der Waals surface area contributed by atoms with Crippen molar-refractivity contribution in [2.75, 3.05) is 13.1 Å². The van der Waals surface area contributed by atoms with Crippen LogP contribution in [0, 0.1) is 0 Å². The maximum absolute atomic E-state index is 12.1. The molecule has 1 aromatic rings. The summed E-state index contributed by atoms with van der Waals surface area (Å²) in [6.07, 6.45) is 2.27. The van der Waals surface area contributed by atoms with Gasteiger partial charge in [-0.3, -0.25) is 4.79 Å². The number of carbonyl (C=O) groups excluding carboxylic acids is 1. The predicted molar refractivity (Wildman–Crippen MR) is 81.2 cm³/mol. The van der Waals surface area contributed by atoms with E-state index in [1.54, 1.807) is 18.2 Å². The second-order valence-corrected chi connectivity index (χ2v) is 5.50. The van der Waals surface area contributed by atoms with E-state index in [0.29, 0.717) is 23.0 Å². The summed E-state index contributed by atoms with van der Waals surface area (Å²) in [6.45, 7) is 1.43. The van der Waals surface area contributed by atoms with E-state index < -0.39 is 0 Å². The molecule has 1 atom stereocenters. The van der Waals surface area contributed by atoms with Gasteiger partial charge in [-0.1, -0.05) is 29.3 Å². The van der Waals surface area contributed by atoms with Crippen molar-refractivity contribution < 1.29 is 4.79 Å². The van der Waals surface area contributed by atoms with Crippen molar-refractivity contribution >= 4 is 41.5 Å². The smallest absolute Gasteiger partial charge is 0.227 e. The minimum atomic E-state index is 0. The van der Waals surface area contributed by atoms with Crippen LogP contribution in [0.1, 0.15) is 18.4 Å². The van der Waals surface area contributed by atoms with E-state index in [0.717, 1.165) is 24.9 Å². The zero-order valence-corrected chi connectivity index (χ0v) is 12.8. The third-order valence-corrected chi connectivity index (χ3v) is 3.75. The molecule has 3 nitrogen and oxygen atoms in total. The Balaban J connectivity index is 0.00000180. The SMILES string of the molecule is Cl.NC1CCCN(C(=O)Cc2ccc(Cl)cc2Cl)C1. The van der Waals surface area contributed by atoms with E-state index in [-0.39, 0.29) is 24.4 Å². The zero-order valence-electron chi connectivity index (χ0n) is 10.4. The molecule has 1 amide bonds. The van der Waals surface area contributed by atoms with Crippen LogP contribution in [0.3, 0.4) is 0 Å². The Bertz CT molecular complexity index is 454. The van der Waals surface area contributed by atoms with Crippen molar-refractivity contribution in [3.8, 4) is 0 Å². The summed E-state index contributed by atoms with van der Waals surface area (Å²) < 4.78 is 0. The minimum absolute atomic E-state index is 0. The van der Waals surface area contributed by atoms with E-state index in [1.807, 2.05) is 4.90 Å². The van der Waals surface area contributed by atoms with E-state index in [1.165, 1.54) is 0 Å². The largest absolute Gasteiger partial charge is 0.341 e. The first kappa shape index (κ1) is 16.6. The van der Waals surface area contributed by atoms with Crippen LogP contribution in [-0.2, 0) is 11.2 Å². The number of hydrogen-bond acceptors (Lipinski definition) is 2. The first-order chi connectivity index (χ1) is 8.56. The number of hydrogen-bond donors (Lipinski definition) is 1. The highest BCUT2D eigenvalue weighted by Crippen LogP contribution is 2.22. The van der Waals surface area contributed by atoms with Gasteiger partial charge in [-0.2, -0.15) is 0 Å². The average molecular weight is 324 g/mol. The Labute approximate surface area is 129 Å². The lowest BCUT2D eigenvalue weighted by Gasteiger charge is -2.31. The number of halogens is 3. The van der Waals surface area contributed by atoms with E-state index in [2.05, 4.69) is 0 Å². The Hall–Kier alpha value is -0.480. The van der Waals surface area contributed by atoms with Gasteiger partial charge < -0.3 is 10.6 Å². The van der Waals surface area contributed by atoms with Crippen molar-refractivity contribution in [1.82, 2.24) is 4.90 Å². The Kier molecular flexibility index (Phi) is 6.40. The van der Waals surface area contributed by atoms with Crippen molar-refractivity contribution in [1.29, 1.82) is 0 Å². The molecule has 1 saturated heterocycles. The summed E-state index contributed by atoms with van der Waals surface area (Å²) in [5, 5.41) is 1.12. The second-order valence-electron chi connectivity index (χ2n) is 4.65. The lowest BCUT2D eigenvalue weighted by molar-refractivity contribution is -0.131. The highest BCUT2D eigenvalue weighted by molar-refractivity contribution is 6.35. The topological polar surface area (TPSA) is 46.3 Å². The standard InChI is InChI=1S/C13H16Cl2N2O.ClH/c14-10-4-3-9(12(15)7-10)6-13(18)17-5-1-2-11(16)8-17;/h3-4,7,11H,1-2,5-6,8,16H2;1H. The van der Waals surface area contributed by atoms with E-state index in [9.17, 15) is 4.79 Å². The molecule has 2 N–H and O–H groups in total. The van der Waals surface area contributed by atoms with Gasteiger partial charge in [0.15, 0.2) is 0 Å². The number of benzene rings is 1. The molecule has 0 aliphatic carbocycles. The summed E-state index contributed by atoms with van der Waals surface area (Å²) in [5.74, 6) is 0.0781. The first-order valence-electron chi connectivity index (χ1n) is 6.03. The van der Waals surface area contributed by atoms with Gasteiger partial charge in [-0.15, -0.1) is 12.4 Å². The molecule has 0 saturated carbocycles. The van der Waals surface area contributed by atoms with Gasteiger partial charge in [0, 0.05) is 29.2 Å². The molecular formula is C13H17Cl3N2O. The van der Waals surface area contributed by atoms with Gasteiger partial charge in [0.05, 0.1) is 6.42 Å². The molecule has 1 unspecified atom stereocenters. The summed E-state index contributed by atoms with van der Waals surface area (Å²) in [6, 6.07) is 5.31. The van der Waals surface area contributed by atoms with Crippen LogP contribution in [0.5, 0.6) is 0 Å². The summed E-state index contributed by atoms with van der Waals surface area (Å²) in [5.41, 5.74) is 6.68. The number of piperidine rings is 1. The molecule has 2 rings (SSSR count). The second kappa shape index (κ2) is 7.34. The number of nitrogens with two attached hydrogens (primary N) is 1. The van der Waals surface area contributed by atoms with Crippen molar-refractivity contribution in [2.45, 2.75) is 25.3 Å². The Morgan fingerprint density at radius 1 is 1.42 bits per heavy atom. The third kappa shape index (κ3) is 4.53. The number of carbonyl (C=O) groups is 1. The average Bonchev–Trinajstić information content (AvgIpc) is 2.32. The molecule has 0 bridgehead atoms. The fraction of sp³-hybridized carbons (Fsp3) is 0.462. The molecule has 0 aromatic heterocycles. The molecule has 1 fully saturated rings. The van der Waals surface area contributed by atoms with Crippen LogP contribution in [0.25, 0.3) is 0 Å². The van der Waals surface area contributed by atoms with Crippen LogP contribution in [0.2, 0.25) is 10.0 Å². The Morgan fingerprint density at radius 2 is 2.16 bits per heavy atom. The maximum Gasteiger partial charge on any atom is 0.227 e. The normalized spacial score (nSPS) is 18.9. The molecule has 1 aliphatic heterocycles. The molecule has 6 heteroatoms. The maximum atomic E-state index is 12.1. The minimum Gasteiger partial charge on any atom is -0.341 e. The van der Waals surface area contributed by atoms with E-state index >= 15 is 0 Å². The molecule has 106 valence electrons. The van der Waals surface area contributed by atoms with Gasteiger partial charge in [0.1, 0.15) is 0 Å². The van der Waals surface area contributed by atoms with Gasteiger partial charge in [0.25, 0.3) is 0 Å². The Morgan fingerprint density at radius 3 is 2.79 bits per heavy atom. The molecular weight excluding hydrogens is 307 g/mol. The molecule has 1 aromatic carbocycles. The van der Waals surface area contributed by atoms with Crippen LogP contribution in [0.15, 0.2) is 18.2 Å². The van der Waals surface area contributed by atoms with Crippen LogP contribution >= 0.6 is 35.6 Å². The third-order valence-electron chi connectivity index (χ3n) is 3.17. The number of amides is 1. The number of nitrogens with zero attached hydrogens (tertiary/aromatic N) is 1. The lowest BCUT2D eigenvalue weighted by Crippen LogP contribution is -2.46. The van der Waals surface area contributed by atoms with Gasteiger partial charge in [-0.05, 0) is 30.5 Å². The molecule has 1 aliphatic rings. The lowest BCUT2D eigenvalue weighted by atomic mass is 10.1. The number of likely N-dealkylation sites (tertiary alicyclic amines) is 1. The zero-order chi connectivity index (χ0) is 13.1. The van der Waals surface area contributed by atoms with Crippen LogP contribution in [-0.4, -0.2) is 29.9 Å². The fourth-order valence-electron chi connectivity index (χ4n) is 2.18. The van der Waals surface area contributed by atoms with Crippen molar-refractivity contribution in [2.24, 2.45) is 5.73 Å². The summed E-state index contributed by atoms with van der Waals surface area (Å²) in [7, 11) is 0. The monoisotopic (exact) mass is 322 g/mol. The molecule has 0 radical (unpaired) electrons. The van der Waals surface area contributed by atoms with Gasteiger partial charge in [0.2, 0.25) is 5.91 Å². The molecule has 19 heavy (non-hydrogen) atoms. The van der Waals surface area contributed by atoms with Crippen molar-refractivity contribution in [3.63, 3.8) is 0 Å². The van der Waals surface area contributed by atoms with Gasteiger partial charge >= 0.3 is 0 Å². The summed E-state index contributed by atoms with van der Waals surface area (Å²) >= 11 is 11.9. The highest BCUT2D eigenvalue weighted by Gasteiger charge is 2.21. The predicted octanol–water partition coefficient (Wildman–Crippen LogP) is 2.91. The van der Waals surface area contributed by atoms with Crippen molar-refractivity contribution in [3.05, 3.63) is 33.8 Å². The molecule has 0 spiro atoms. The van der Waals surface area contributed by atoms with E-state index in [4.69, 9.17) is 28.9 Å². The molecule has 1 heterocycles. The first-order valence-corrected chi connectivity index (χ1v) is 6.79. The van der Waals surface area contributed by atoms with Gasteiger partial charge in [-0.25, -0.2) is 0 Å². The summed E-state index contributed by atoms with van der Waals surface area (Å²) in [4.78, 5) is 13.9. The highest BCUT2D eigenvalue weighted by atomic mass is 35.5. The number of rotatable bonds is 2. The fourth-order valence-corrected chi connectivity index (χ4v) is 2.65. The quantitative estimate of drug-likeness (QED) is 0.909.